The minimum Gasteiger partial charge on any atom is -0.380 e. The van der Waals surface area contributed by atoms with Crippen LogP contribution in [0.4, 0.5) is 0 Å². The maximum Gasteiger partial charge on any atom is 0.0724 e. The SMILES string of the molecule is CCC1(CO[C@](C)(CC)Cc2ccc(-c3ccc(COC(CC)(CC)CC4(CC)COC4)cc3)cc2)COC1. The van der Waals surface area contributed by atoms with Gasteiger partial charge in [0.2, 0.25) is 0 Å². The largest absolute Gasteiger partial charge is 0.380 e. The molecule has 2 fully saturated rings. The predicted molar refractivity (Wildman–Crippen MR) is 160 cm³/mol. The second-order valence-corrected chi connectivity index (χ2v) is 12.7. The summed E-state index contributed by atoms with van der Waals surface area (Å²) in [5, 5.41) is 0. The zero-order chi connectivity index (χ0) is 28.0. The van der Waals surface area contributed by atoms with Crippen molar-refractivity contribution in [1.29, 1.82) is 0 Å². The average Bonchev–Trinajstić information content (AvgIpc) is 2.93. The first-order chi connectivity index (χ1) is 18.8. The third-order valence-electron chi connectivity index (χ3n) is 9.96. The van der Waals surface area contributed by atoms with E-state index in [4.69, 9.17) is 18.9 Å². The molecule has 0 aliphatic carbocycles. The van der Waals surface area contributed by atoms with Crippen molar-refractivity contribution in [2.45, 2.75) is 104 Å². The summed E-state index contributed by atoms with van der Waals surface area (Å²) in [6.45, 7) is 18.4. The van der Waals surface area contributed by atoms with Gasteiger partial charge >= 0.3 is 0 Å². The number of benzene rings is 2. The van der Waals surface area contributed by atoms with Crippen molar-refractivity contribution in [3.05, 3.63) is 59.7 Å². The molecule has 2 aliphatic rings. The van der Waals surface area contributed by atoms with Crippen LogP contribution in [0.15, 0.2) is 48.5 Å². The van der Waals surface area contributed by atoms with E-state index in [1.54, 1.807) is 0 Å². The zero-order valence-corrected chi connectivity index (χ0v) is 25.4. The second-order valence-electron chi connectivity index (χ2n) is 12.7. The number of ether oxygens (including phenoxy) is 4. The quantitative estimate of drug-likeness (QED) is 0.216. The first-order valence-corrected chi connectivity index (χ1v) is 15.4. The molecule has 39 heavy (non-hydrogen) atoms. The summed E-state index contributed by atoms with van der Waals surface area (Å²) in [7, 11) is 0. The summed E-state index contributed by atoms with van der Waals surface area (Å²) >= 11 is 0. The molecule has 2 saturated heterocycles. The average molecular weight is 537 g/mol. The Bertz CT molecular complexity index is 1000. The van der Waals surface area contributed by atoms with Crippen LogP contribution in [0.2, 0.25) is 0 Å². The highest BCUT2D eigenvalue weighted by Gasteiger charge is 2.44. The fraction of sp³-hybridized carbons (Fsp3) is 0.657. The molecule has 2 aliphatic heterocycles. The third kappa shape index (κ3) is 7.14. The van der Waals surface area contributed by atoms with Crippen LogP contribution in [0.25, 0.3) is 11.1 Å². The standard InChI is InChI=1S/C35H52O4/c1-7-32(6,39-27-34(9-3)25-37-26-34)20-28-12-16-30(17-13-28)31-18-14-29(15-19-31)21-38-35(10-4,11-5)22-33(8-2)23-36-24-33/h12-19H,7-11,20-27H2,1-6H3/t32-/m1/s1. The molecule has 216 valence electrons. The van der Waals surface area contributed by atoms with Gasteiger partial charge < -0.3 is 18.9 Å². The Kier molecular flexibility index (Phi) is 9.96. The summed E-state index contributed by atoms with van der Waals surface area (Å²) in [4.78, 5) is 0. The van der Waals surface area contributed by atoms with Crippen LogP contribution >= 0.6 is 0 Å². The lowest BCUT2D eigenvalue weighted by atomic mass is 9.72. The van der Waals surface area contributed by atoms with Crippen molar-refractivity contribution >= 4 is 0 Å². The summed E-state index contributed by atoms with van der Waals surface area (Å²) < 4.78 is 24.2. The lowest BCUT2D eigenvalue weighted by Gasteiger charge is -2.47. The van der Waals surface area contributed by atoms with E-state index in [1.807, 2.05) is 0 Å². The lowest BCUT2D eigenvalue weighted by Crippen LogP contribution is -2.49. The molecular weight excluding hydrogens is 484 g/mol. The van der Waals surface area contributed by atoms with Crippen molar-refractivity contribution < 1.29 is 18.9 Å². The van der Waals surface area contributed by atoms with Crippen LogP contribution in [-0.4, -0.2) is 44.2 Å². The van der Waals surface area contributed by atoms with Crippen LogP contribution in [-0.2, 0) is 32.0 Å². The number of hydrogen-bond acceptors (Lipinski definition) is 4. The molecule has 2 aromatic rings. The van der Waals surface area contributed by atoms with Gasteiger partial charge in [0.1, 0.15) is 0 Å². The molecular formula is C35H52O4. The molecule has 4 nitrogen and oxygen atoms in total. The van der Waals surface area contributed by atoms with Crippen molar-refractivity contribution in [3.8, 4) is 11.1 Å². The molecule has 0 bridgehead atoms. The highest BCUT2D eigenvalue weighted by Crippen LogP contribution is 2.43. The molecule has 2 aromatic carbocycles. The van der Waals surface area contributed by atoms with Gasteiger partial charge in [0.15, 0.2) is 0 Å². The Balaban J connectivity index is 1.33. The Hall–Kier alpha value is -1.72. The van der Waals surface area contributed by atoms with Crippen LogP contribution in [0.1, 0.15) is 91.2 Å². The minimum absolute atomic E-state index is 0.0756. The van der Waals surface area contributed by atoms with Crippen LogP contribution < -0.4 is 0 Å². The monoisotopic (exact) mass is 536 g/mol. The second kappa shape index (κ2) is 12.9. The van der Waals surface area contributed by atoms with Gasteiger partial charge in [0.05, 0.1) is 50.8 Å². The van der Waals surface area contributed by atoms with Gasteiger partial charge in [-0.05, 0) is 67.7 Å². The molecule has 4 heteroatoms. The highest BCUT2D eigenvalue weighted by molar-refractivity contribution is 5.64. The van der Waals surface area contributed by atoms with Crippen molar-refractivity contribution in [3.63, 3.8) is 0 Å². The van der Waals surface area contributed by atoms with Gasteiger partial charge in [-0.2, -0.15) is 0 Å². The fourth-order valence-electron chi connectivity index (χ4n) is 5.92. The molecule has 0 radical (unpaired) electrons. The molecule has 0 aromatic heterocycles. The van der Waals surface area contributed by atoms with E-state index in [0.29, 0.717) is 12.0 Å². The summed E-state index contributed by atoms with van der Waals surface area (Å²) in [6, 6.07) is 17.9. The summed E-state index contributed by atoms with van der Waals surface area (Å²) in [6.07, 6.45) is 7.33. The molecule has 0 N–H and O–H groups in total. The molecule has 2 heterocycles. The van der Waals surface area contributed by atoms with Gasteiger partial charge in [-0.25, -0.2) is 0 Å². The van der Waals surface area contributed by atoms with Gasteiger partial charge in [0, 0.05) is 17.3 Å². The van der Waals surface area contributed by atoms with Gasteiger partial charge in [0.25, 0.3) is 0 Å². The van der Waals surface area contributed by atoms with Crippen molar-refractivity contribution in [1.82, 2.24) is 0 Å². The van der Waals surface area contributed by atoms with Gasteiger partial charge in [-0.15, -0.1) is 0 Å². The molecule has 0 saturated carbocycles. The lowest BCUT2D eigenvalue weighted by molar-refractivity contribution is -0.178. The summed E-state index contributed by atoms with van der Waals surface area (Å²) in [5.41, 5.74) is 5.32. The fourth-order valence-corrected chi connectivity index (χ4v) is 5.92. The van der Waals surface area contributed by atoms with E-state index >= 15 is 0 Å². The van der Waals surface area contributed by atoms with Gasteiger partial charge in [-0.1, -0.05) is 83.1 Å². The van der Waals surface area contributed by atoms with E-state index in [2.05, 4.69) is 90.1 Å². The number of rotatable bonds is 16. The minimum atomic E-state index is -0.157. The Labute approximate surface area is 237 Å². The maximum atomic E-state index is 6.65. The molecule has 1 atom stereocenters. The van der Waals surface area contributed by atoms with Crippen molar-refractivity contribution in [2.24, 2.45) is 10.8 Å². The van der Waals surface area contributed by atoms with E-state index < -0.39 is 0 Å². The smallest absolute Gasteiger partial charge is 0.0724 e. The van der Waals surface area contributed by atoms with E-state index in [0.717, 1.165) is 78.0 Å². The first kappa shape index (κ1) is 30.2. The Morgan fingerprint density at radius 2 is 1.18 bits per heavy atom. The van der Waals surface area contributed by atoms with Crippen LogP contribution in [0, 0.1) is 10.8 Å². The Morgan fingerprint density at radius 1 is 0.667 bits per heavy atom. The third-order valence-corrected chi connectivity index (χ3v) is 9.96. The first-order valence-electron chi connectivity index (χ1n) is 15.4. The van der Waals surface area contributed by atoms with E-state index in [9.17, 15) is 0 Å². The van der Waals surface area contributed by atoms with E-state index in [1.165, 1.54) is 22.3 Å². The molecule has 0 amide bonds. The topological polar surface area (TPSA) is 36.9 Å². The molecule has 0 unspecified atom stereocenters. The van der Waals surface area contributed by atoms with Crippen LogP contribution in [0.5, 0.6) is 0 Å². The molecule has 4 rings (SSSR count). The van der Waals surface area contributed by atoms with Gasteiger partial charge in [-0.3, -0.25) is 0 Å². The summed E-state index contributed by atoms with van der Waals surface area (Å²) in [5.74, 6) is 0. The maximum absolute atomic E-state index is 6.65. The van der Waals surface area contributed by atoms with Crippen LogP contribution in [0.3, 0.4) is 0 Å². The zero-order valence-electron chi connectivity index (χ0n) is 25.4. The predicted octanol–water partition coefficient (Wildman–Crippen LogP) is 8.40. The normalized spacial score (nSPS) is 19.6. The Morgan fingerprint density at radius 3 is 1.59 bits per heavy atom. The number of hydrogen-bond donors (Lipinski definition) is 0. The molecule has 0 spiro atoms. The van der Waals surface area contributed by atoms with E-state index in [-0.39, 0.29) is 16.6 Å². The van der Waals surface area contributed by atoms with Crippen molar-refractivity contribution in [2.75, 3.05) is 33.0 Å². The highest BCUT2D eigenvalue weighted by atomic mass is 16.5.